The van der Waals surface area contributed by atoms with Crippen LogP contribution in [0.4, 0.5) is 17.6 Å². The second-order valence-corrected chi connectivity index (χ2v) is 6.26. The molecule has 1 atom stereocenters. The molecule has 0 saturated heterocycles. The van der Waals surface area contributed by atoms with E-state index in [1.807, 2.05) is 6.92 Å². The van der Waals surface area contributed by atoms with Gasteiger partial charge in [-0.15, -0.1) is 0 Å². The first-order valence-electron chi connectivity index (χ1n) is 8.42. The zero-order chi connectivity index (χ0) is 19.9. The van der Waals surface area contributed by atoms with Gasteiger partial charge in [-0.3, -0.25) is 4.79 Å². The first kappa shape index (κ1) is 21.9. The van der Waals surface area contributed by atoms with Crippen LogP contribution in [0.2, 0.25) is 0 Å². The lowest BCUT2D eigenvalue weighted by Crippen LogP contribution is -2.45. The van der Waals surface area contributed by atoms with Gasteiger partial charge in [0, 0.05) is 0 Å². The van der Waals surface area contributed by atoms with E-state index in [4.69, 9.17) is 4.74 Å². The molecule has 0 heterocycles. The van der Waals surface area contributed by atoms with E-state index in [1.54, 1.807) is 13.8 Å². The number of amides is 1. The van der Waals surface area contributed by atoms with Gasteiger partial charge in [-0.1, -0.05) is 33.6 Å². The monoisotopic (exact) mass is 377 g/mol. The third-order valence-corrected chi connectivity index (χ3v) is 3.74. The molecule has 0 aliphatic carbocycles. The Bertz CT molecular complexity index is 629. The molecule has 0 aromatic heterocycles. The van der Waals surface area contributed by atoms with Gasteiger partial charge in [-0.05, 0) is 30.5 Å². The van der Waals surface area contributed by atoms with Crippen molar-refractivity contribution in [2.24, 2.45) is 5.92 Å². The Morgan fingerprint density at radius 1 is 1.19 bits per heavy atom. The highest BCUT2D eigenvalue weighted by Gasteiger charge is 2.33. The average molecular weight is 377 g/mol. The van der Waals surface area contributed by atoms with Gasteiger partial charge in [0.25, 0.3) is 5.91 Å². The van der Waals surface area contributed by atoms with Crippen molar-refractivity contribution in [2.75, 3.05) is 6.61 Å². The summed E-state index contributed by atoms with van der Waals surface area (Å²) < 4.78 is 57.2. The van der Waals surface area contributed by atoms with E-state index < -0.39 is 41.0 Å². The molecular weight excluding hydrogens is 354 g/mol. The van der Waals surface area contributed by atoms with Gasteiger partial charge in [0.2, 0.25) is 0 Å². The Balaban J connectivity index is 2.89. The molecule has 0 aliphatic heterocycles. The molecule has 26 heavy (non-hydrogen) atoms. The van der Waals surface area contributed by atoms with Crippen LogP contribution in [0.1, 0.15) is 56.0 Å². The number of alkyl halides is 3. The molecule has 0 spiro atoms. The molecule has 4 nitrogen and oxygen atoms in total. The predicted octanol–water partition coefficient (Wildman–Crippen LogP) is 4.33. The third-order valence-electron chi connectivity index (χ3n) is 3.74. The number of esters is 1. The number of ether oxygens (including phenoxy) is 1. The summed E-state index contributed by atoms with van der Waals surface area (Å²) in [7, 11) is 0. The number of halogens is 4. The molecule has 0 radical (unpaired) electrons. The number of rotatable bonds is 8. The molecule has 0 bridgehead atoms. The van der Waals surface area contributed by atoms with Gasteiger partial charge in [0.1, 0.15) is 11.9 Å². The van der Waals surface area contributed by atoms with E-state index >= 15 is 0 Å². The Labute approximate surface area is 149 Å². The van der Waals surface area contributed by atoms with Crippen LogP contribution in [-0.4, -0.2) is 24.5 Å². The third kappa shape index (κ3) is 6.31. The number of hydrogen-bond donors (Lipinski definition) is 1. The summed E-state index contributed by atoms with van der Waals surface area (Å²) in [5.74, 6) is -3.28. The molecule has 1 aromatic rings. The lowest BCUT2D eigenvalue weighted by Gasteiger charge is -2.21. The van der Waals surface area contributed by atoms with E-state index in [2.05, 4.69) is 5.32 Å². The van der Waals surface area contributed by atoms with E-state index in [1.165, 1.54) is 0 Å². The second-order valence-electron chi connectivity index (χ2n) is 6.26. The summed E-state index contributed by atoms with van der Waals surface area (Å²) in [5.41, 5.74) is -1.92. The lowest BCUT2D eigenvalue weighted by atomic mass is 10.0. The van der Waals surface area contributed by atoms with Crippen LogP contribution in [0.5, 0.6) is 0 Å². The van der Waals surface area contributed by atoms with Crippen molar-refractivity contribution in [3.05, 3.63) is 35.1 Å². The van der Waals surface area contributed by atoms with Crippen LogP contribution in [-0.2, 0) is 15.7 Å². The highest BCUT2D eigenvalue weighted by molar-refractivity contribution is 5.97. The first-order chi connectivity index (χ1) is 12.1. The van der Waals surface area contributed by atoms with E-state index in [9.17, 15) is 27.2 Å². The summed E-state index contributed by atoms with van der Waals surface area (Å²) in [6.45, 7) is 5.45. The van der Waals surface area contributed by atoms with Gasteiger partial charge >= 0.3 is 12.1 Å². The molecule has 1 aromatic carbocycles. The number of benzene rings is 1. The van der Waals surface area contributed by atoms with Gasteiger partial charge in [0.15, 0.2) is 0 Å². The maximum atomic E-state index is 13.8. The molecule has 0 saturated carbocycles. The van der Waals surface area contributed by atoms with Crippen molar-refractivity contribution in [1.29, 1.82) is 0 Å². The van der Waals surface area contributed by atoms with Crippen LogP contribution in [0.15, 0.2) is 18.2 Å². The minimum absolute atomic E-state index is 0.184. The molecule has 0 aliphatic rings. The summed E-state index contributed by atoms with van der Waals surface area (Å²) >= 11 is 0. The van der Waals surface area contributed by atoms with Crippen molar-refractivity contribution < 1.29 is 31.9 Å². The molecule has 0 fully saturated rings. The Morgan fingerprint density at radius 2 is 1.85 bits per heavy atom. The SMILES string of the molecule is CCCCCOC(=O)C(NC(=O)c1cc(C(F)(F)F)ccc1F)C(C)C. The van der Waals surface area contributed by atoms with Gasteiger partial charge in [-0.25, -0.2) is 9.18 Å². The maximum Gasteiger partial charge on any atom is 0.416 e. The molecule has 1 rings (SSSR count). The zero-order valence-corrected chi connectivity index (χ0v) is 15.0. The van der Waals surface area contributed by atoms with Crippen molar-refractivity contribution in [3.63, 3.8) is 0 Å². The van der Waals surface area contributed by atoms with E-state index in [-0.39, 0.29) is 12.5 Å². The van der Waals surface area contributed by atoms with Gasteiger partial charge in [0.05, 0.1) is 17.7 Å². The van der Waals surface area contributed by atoms with E-state index in [0.717, 1.165) is 12.8 Å². The van der Waals surface area contributed by atoms with Crippen molar-refractivity contribution in [3.8, 4) is 0 Å². The Morgan fingerprint density at radius 3 is 2.38 bits per heavy atom. The average Bonchev–Trinajstić information content (AvgIpc) is 2.55. The maximum absolute atomic E-state index is 13.8. The summed E-state index contributed by atoms with van der Waals surface area (Å²) in [5, 5.41) is 2.27. The quantitative estimate of drug-likeness (QED) is 0.417. The topological polar surface area (TPSA) is 55.4 Å². The van der Waals surface area contributed by atoms with Gasteiger partial charge in [-0.2, -0.15) is 13.2 Å². The molecule has 146 valence electrons. The Kier molecular flexibility index (Phi) is 8.05. The highest BCUT2D eigenvalue weighted by atomic mass is 19.4. The summed E-state index contributed by atoms with van der Waals surface area (Å²) in [6.07, 6.45) is -2.22. The fourth-order valence-electron chi connectivity index (χ4n) is 2.21. The van der Waals surface area contributed by atoms with Crippen molar-refractivity contribution in [2.45, 2.75) is 52.3 Å². The molecular formula is C18H23F4NO3. The van der Waals surface area contributed by atoms with Gasteiger partial charge < -0.3 is 10.1 Å². The van der Waals surface area contributed by atoms with Crippen LogP contribution >= 0.6 is 0 Å². The first-order valence-corrected chi connectivity index (χ1v) is 8.42. The minimum atomic E-state index is -4.71. The molecule has 1 unspecified atom stereocenters. The van der Waals surface area contributed by atoms with Crippen molar-refractivity contribution >= 4 is 11.9 Å². The number of nitrogens with one attached hydrogen (secondary N) is 1. The fraction of sp³-hybridized carbons (Fsp3) is 0.556. The van der Waals surface area contributed by atoms with Crippen LogP contribution in [0.3, 0.4) is 0 Å². The highest BCUT2D eigenvalue weighted by Crippen LogP contribution is 2.30. The molecule has 1 amide bonds. The largest absolute Gasteiger partial charge is 0.464 e. The number of hydrogen-bond acceptors (Lipinski definition) is 3. The fourth-order valence-corrected chi connectivity index (χ4v) is 2.21. The van der Waals surface area contributed by atoms with E-state index in [0.29, 0.717) is 24.6 Å². The number of unbranched alkanes of at least 4 members (excludes halogenated alkanes) is 2. The normalized spacial score (nSPS) is 12.8. The zero-order valence-electron chi connectivity index (χ0n) is 15.0. The predicted molar refractivity (Wildman–Crippen MR) is 88.0 cm³/mol. The standard InChI is InChI=1S/C18H23F4NO3/c1-4-5-6-9-26-17(25)15(11(2)3)23-16(24)13-10-12(18(20,21)22)7-8-14(13)19/h7-8,10-11,15H,4-6,9H2,1-3H3,(H,23,24). The minimum Gasteiger partial charge on any atom is -0.464 e. The second kappa shape index (κ2) is 9.54. The van der Waals surface area contributed by atoms with Crippen molar-refractivity contribution in [1.82, 2.24) is 5.32 Å². The summed E-state index contributed by atoms with van der Waals surface area (Å²) in [6, 6.07) is 0.464. The number of carbonyl (C=O) groups excluding carboxylic acids is 2. The smallest absolute Gasteiger partial charge is 0.416 e. The van der Waals surface area contributed by atoms with Crippen LogP contribution in [0.25, 0.3) is 0 Å². The molecule has 1 N–H and O–H groups in total. The number of carbonyl (C=O) groups is 2. The summed E-state index contributed by atoms with van der Waals surface area (Å²) in [4.78, 5) is 24.3. The lowest BCUT2D eigenvalue weighted by molar-refractivity contribution is -0.147. The Hall–Kier alpha value is -2.12. The van der Waals surface area contributed by atoms with Crippen LogP contribution < -0.4 is 5.32 Å². The molecule has 8 heteroatoms. The van der Waals surface area contributed by atoms with Crippen LogP contribution in [0, 0.1) is 11.7 Å².